The molecule has 2 aromatic carbocycles. The number of halogens is 3. The zero-order valence-electron chi connectivity index (χ0n) is 19.2. The van der Waals surface area contributed by atoms with Gasteiger partial charge in [0.15, 0.2) is 0 Å². The Morgan fingerprint density at radius 2 is 1.80 bits per heavy atom. The molecule has 10 heteroatoms. The first-order chi connectivity index (χ1) is 16.6. The second-order valence-corrected chi connectivity index (χ2v) is 9.32. The molecule has 0 atom stereocenters. The van der Waals surface area contributed by atoms with E-state index < -0.39 is 17.6 Å². The van der Waals surface area contributed by atoms with Crippen LogP contribution in [0.15, 0.2) is 48.1 Å². The number of nitrogens with zero attached hydrogens (tertiary/aromatic N) is 2. The van der Waals surface area contributed by atoms with Gasteiger partial charge in [0.1, 0.15) is 16.7 Å². The van der Waals surface area contributed by atoms with Gasteiger partial charge < -0.3 is 15.0 Å². The number of amides is 2. The standard InChI is InChI=1S/C25H24F3N3O3S/c1-15-3-5-17(11-20(15)25(26,27)28)23(32)30-18-6-4-16(2)21(12-18)34-19-7-9-31(10-8-19)24(33)22-13-29-14-35-22/h3-6,11-14,19H,7-10H2,1-2H3,(H,30,32). The third kappa shape index (κ3) is 5.82. The summed E-state index contributed by atoms with van der Waals surface area (Å²) in [4.78, 5) is 31.5. The quantitative estimate of drug-likeness (QED) is 0.484. The van der Waals surface area contributed by atoms with Crippen LogP contribution in [0.3, 0.4) is 0 Å². The molecule has 184 valence electrons. The highest BCUT2D eigenvalue weighted by Crippen LogP contribution is 2.33. The van der Waals surface area contributed by atoms with Crippen molar-refractivity contribution in [3.8, 4) is 5.75 Å². The molecule has 1 aliphatic heterocycles. The van der Waals surface area contributed by atoms with Gasteiger partial charge in [-0.15, -0.1) is 11.3 Å². The van der Waals surface area contributed by atoms with Gasteiger partial charge in [-0.2, -0.15) is 13.2 Å². The fourth-order valence-corrected chi connectivity index (χ4v) is 4.50. The van der Waals surface area contributed by atoms with Gasteiger partial charge in [-0.1, -0.05) is 12.1 Å². The lowest BCUT2D eigenvalue weighted by molar-refractivity contribution is -0.138. The van der Waals surface area contributed by atoms with E-state index in [0.29, 0.717) is 42.2 Å². The third-order valence-corrected chi connectivity index (χ3v) is 6.68. The van der Waals surface area contributed by atoms with Gasteiger partial charge >= 0.3 is 6.18 Å². The molecule has 0 unspecified atom stereocenters. The number of hydrogen-bond acceptors (Lipinski definition) is 5. The number of hydrogen-bond donors (Lipinski definition) is 1. The van der Waals surface area contributed by atoms with Gasteiger partial charge in [0.05, 0.1) is 17.3 Å². The lowest BCUT2D eigenvalue weighted by Gasteiger charge is -2.32. The van der Waals surface area contributed by atoms with Crippen LogP contribution >= 0.6 is 11.3 Å². The Bertz CT molecular complexity index is 1220. The lowest BCUT2D eigenvalue weighted by Crippen LogP contribution is -2.41. The molecule has 0 saturated carbocycles. The largest absolute Gasteiger partial charge is 0.490 e. The molecule has 2 amide bonds. The van der Waals surface area contributed by atoms with Gasteiger partial charge in [0, 0.05) is 43.2 Å². The van der Waals surface area contributed by atoms with Gasteiger partial charge in [0.25, 0.3) is 11.8 Å². The van der Waals surface area contributed by atoms with Crippen molar-refractivity contribution in [3.63, 3.8) is 0 Å². The molecule has 6 nitrogen and oxygen atoms in total. The summed E-state index contributed by atoms with van der Waals surface area (Å²) in [5.74, 6) is -0.0910. The first-order valence-electron chi connectivity index (χ1n) is 11.1. The normalized spacial score (nSPS) is 14.6. The first kappa shape index (κ1) is 24.7. The number of benzene rings is 2. The summed E-state index contributed by atoms with van der Waals surface area (Å²) in [5.41, 5.74) is 2.05. The molecule has 0 aliphatic carbocycles. The molecule has 1 fully saturated rings. The number of piperidine rings is 1. The van der Waals surface area contributed by atoms with Gasteiger partial charge in [-0.25, -0.2) is 0 Å². The Morgan fingerprint density at radius 3 is 2.46 bits per heavy atom. The SMILES string of the molecule is Cc1ccc(NC(=O)c2ccc(C)c(C(F)(F)F)c2)cc1OC1CCN(C(=O)c2cncs2)CC1. The zero-order valence-corrected chi connectivity index (χ0v) is 20.0. The Morgan fingerprint density at radius 1 is 1.09 bits per heavy atom. The lowest BCUT2D eigenvalue weighted by atomic mass is 10.0. The van der Waals surface area contributed by atoms with Crippen LogP contribution < -0.4 is 10.1 Å². The van der Waals surface area contributed by atoms with E-state index in [1.54, 1.807) is 34.8 Å². The number of carbonyl (C=O) groups excluding carboxylic acids is 2. The highest BCUT2D eigenvalue weighted by atomic mass is 32.1. The molecule has 0 spiro atoms. The van der Waals surface area contributed by atoms with Crippen LogP contribution in [0.4, 0.5) is 18.9 Å². The maximum Gasteiger partial charge on any atom is 0.416 e. The molecule has 1 saturated heterocycles. The number of nitrogens with one attached hydrogen (secondary N) is 1. The topological polar surface area (TPSA) is 71.5 Å². The maximum absolute atomic E-state index is 13.2. The number of rotatable bonds is 5. The molecule has 0 radical (unpaired) electrons. The smallest absolute Gasteiger partial charge is 0.416 e. The predicted molar refractivity (Wildman–Crippen MR) is 127 cm³/mol. The Labute approximate surface area is 204 Å². The minimum atomic E-state index is -4.54. The van der Waals surface area contributed by atoms with Crippen molar-refractivity contribution in [3.05, 3.63) is 75.2 Å². The maximum atomic E-state index is 13.2. The van der Waals surface area contributed by atoms with Crippen LogP contribution in [0.5, 0.6) is 5.75 Å². The van der Waals surface area contributed by atoms with Gasteiger partial charge in [-0.05, 0) is 43.2 Å². The molecule has 1 aliphatic rings. The van der Waals surface area contributed by atoms with Crippen molar-refractivity contribution in [2.45, 2.75) is 39.0 Å². The van der Waals surface area contributed by atoms with Crippen molar-refractivity contribution in [2.75, 3.05) is 18.4 Å². The van der Waals surface area contributed by atoms with Crippen LogP contribution in [0, 0.1) is 13.8 Å². The molecule has 1 N–H and O–H groups in total. The molecule has 0 bridgehead atoms. The van der Waals surface area contributed by atoms with Crippen molar-refractivity contribution in [1.29, 1.82) is 0 Å². The second-order valence-electron chi connectivity index (χ2n) is 8.44. The van der Waals surface area contributed by atoms with Crippen LogP contribution in [0.2, 0.25) is 0 Å². The first-order valence-corrected chi connectivity index (χ1v) is 11.9. The predicted octanol–water partition coefficient (Wildman–Crippen LogP) is 5.71. The summed E-state index contributed by atoms with van der Waals surface area (Å²) >= 11 is 1.31. The molecule has 35 heavy (non-hydrogen) atoms. The molecule has 2 heterocycles. The fraction of sp³-hybridized carbons (Fsp3) is 0.320. The van der Waals surface area contributed by atoms with E-state index >= 15 is 0 Å². The Hall–Kier alpha value is -3.40. The van der Waals surface area contributed by atoms with Crippen molar-refractivity contribution in [2.24, 2.45) is 0 Å². The second kappa shape index (κ2) is 10.1. The Balaban J connectivity index is 1.40. The van der Waals surface area contributed by atoms with Gasteiger partial charge in [0.2, 0.25) is 0 Å². The fourth-order valence-electron chi connectivity index (χ4n) is 3.91. The number of likely N-dealkylation sites (tertiary alicyclic amines) is 1. The van der Waals surface area contributed by atoms with E-state index in [0.717, 1.165) is 11.6 Å². The number of ether oxygens (including phenoxy) is 1. The highest BCUT2D eigenvalue weighted by molar-refractivity contribution is 7.11. The van der Waals surface area contributed by atoms with Gasteiger partial charge in [-0.3, -0.25) is 14.6 Å². The molecular weight excluding hydrogens is 479 g/mol. The van der Waals surface area contributed by atoms with Crippen LogP contribution in [-0.4, -0.2) is 40.9 Å². The van der Waals surface area contributed by atoms with E-state index in [1.807, 2.05) is 6.92 Å². The number of anilines is 1. The van der Waals surface area contributed by atoms with E-state index in [2.05, 4.69) is 10.3 Å². The number of aryl methyl sites for hydroxylation is 2. The summed E-state index contributed by atoms with van der Waals surface area (Å²) in [7, 11) is 0. The molecule has 1 aromatic heterocycles. The number of thiazole rings is 1. The van der Waals surface area contributed by atoms with E-state index in [4.69, 9.17) is 4.74 Å². The van der Waals surface area contributed by atoms with Crippen molar-refractivity contribution in [1.82, 2.24) is 9.88 Å². The summed E-state index contributed by atoms with van der Waals surface area (Å²) in [6, 6.07) is 8.64. The summed E-state index contributed by atoms with van der Waals surface area (Å²) in [6.07, 6.45) is -1.75. The van der Waals surface area contributed by atoms with Crippen molar-refractivity contribution >= 4 is 28.8 Å². The highest BCUT2D eigenvalue weighted by Gasteiger charge is 2.33. The van der Waals surface area contributed by atoms with E-state index in [1.165, 1.54) is 30.4 Å². The monoisotopic (exact) mass is 503 g/mol. The van der Waals surface area contributed by atoms with E-state index in [9.17, 15) is 22.8 Å². The van der Waals surface area contributed by atoms with Crippen LogP contribution in [0.1, 0.15) is 49.6 Å². The summed E-state index contributed by atoms with van der Waals surface area (Å²) < 4.78 is 45.8. The number of carbonyl (C=O) groups is 2. The minimum absolute atomic E-state index is 0.0309. The molecular formula is C25H24F3N3O3S. The summed E-state index contributed by atoms with van der Waals surface area (Å²) in [5, 5.41) is 2.65. The van der Waals surface area contributed by atoms with Crippen LogP contribution in [0.25, 0.3) is 0 Å². The zero-order chi connectivity index (χ0) is 25.2. The molecule has 4 rings (SSSR count). The minimum Gasteiger partial charge on any atom is -0.490 e. The van der Waals surface area contributed by atoms with E-state index in [-0.39, 0.29) is 23.1 Å². The Kier molecular flexibility index (Phi) is 7.11. The van der Waals surface area contributed by atoms with Crippen LogP contribution in [-0.2, 0) is 6.18 Å². The third-order valence-electron chi connectivity index (χ3n) is 5.92. The summed E-state index contributed by atoms with van der Waals surface area (Å²) in [6.45, 7) is 4.35. The van der Waals surface area contributed by atoms with Crippen molar-refractivity contribution < 1.29 is 27.5 Å². The average molecular weight is 504 g/mol. The number of aromatic nitrogens is 1. The average Bonchev–Trinajstić information content (AvgIpc) is 3.36. The number of alkyl halides is 3. The molecule has 3 aromatic rings.